The molecule has 5 nitrogen and oxygen atoms in total. The van der Waals surface area contributed by atoms with Gasteiger partial charge in [-0.1, -0.05) is 27.8 Å². The molecule has 0 aromatic heterocycles. The third kappa shape index (κ3) is 2.81. The topological polar surface area (TPSA) is 80.4 Å². The molecule has 0 heterocycles. The van der Waals surface area contributed by atoms with E-state index in [1.807, 2.05) is 0 Å². The first-order valence-corrected chi connectivity index (χ1v) is 5.25. The third-order valence-electron chi connectivity index (χ3n) is 1.72. The Morgan fingerprint density at radius 3 is 2.75 bits per heavy atom. The van der Waals surface area contributed by atoms with Crippen LogP contribution in [-0.4, -0.2) is 21.3 Å². The molecule has 0 aliphatic heterocycles. The number of hydrogen-bond donors (Lipinski definition) is 1. The van der Waals surface area contributed by atoms with Gasteiger partial charge in [0.25, 0.3) is 5.69 Å². The van der Waals surface area contributed by atoms with E-state index in [-0.39, 0.29) is 5.56 Å². The summed E-state index contributed by atoms with van der Waals surface area (Å²) in [6, 6.07) is 3.75. The largest absolute Gasteiger partial charge is 0.477 e. The van der Waals surface area contributed by atoms with E-state index in [9.17, 15) is 14.9 Å². The molecule has 0 spiro atoms. The van der Waals surface area contributed by atoms with E-state index in [4.69, 9.17) is 5.11 Å². The van der Waals surface area contributed by atoms with Crippen LogP contribution < -0.4 is 0 Å². The highest BCUT2D eigenvalue weighted by molar-refractivity contribution is 9.09. The Morgan fingerprint density at radius 1 is 1.56 bits per heavy atom. The van der Waals surface area contributed by atoms with Crippen LogP contribution in [0.3, 0.4) is 0 Å². The fourth-order valence-electron chi connectivity index (χ4n) is 1.08. The maximum atomic E-state index is 10.8. The highest BCUT2D eigenvalue weighted by Gasteiger charge is 2.19. The Labute approximate surface area is 99.4 Å². The van der Waals surface area contributed by atoms with E-state index in [1.54, 1.807) is 0 Å². The molecule has 0 radical (unpaired) electrons. The smallest absolute Gasteiger partial charge is 0.342 e. The van der Waals surface area contributed by atoms with Crippen molar-refractivity contribution < 1.29 is 14.8 Å². The van der Waals surface area contributed by atoms with Crippen molar-refractivity contribution >= 4 is 27.6 Å². The number of rotatable bonds is 2. The first kappa shape index (κ1) is 12.2. The van der Waals surface area contributed by atoms with Gasteiger partial charge in [-0.25, -0.2) is 4.79 Å². The average molecular weight is 284 g/mol. The van der Waals surface area contributed by atoms with Crippen LogP contribution in [0.2, 0.25) is 0 Å². The molecule has 1 aromatic rings. The summed E-state index contributed by atoms with van der Waals surface area (Å²) in [6.07, 6.45) is 0. The van der Waals surface area contributed by atoms with Crippen LogP contribution in [0.15, 0.2) is 18.2 Å². The predicted octanol–water partition coefficient (Wildman–Crippen LogP) is 2.04. The Kier molecular flexibility index (Phi) is 4.03. The van der Waals surface area contributed by atoms with Crippen molar-refractivity contribution in [3.63, 3.8) is 0 Å². The standard InChI is InChI=1S/C10H6BrNO4/c11-5-1-2-7-3-4-9(12(15)16)8(6-7)10(13)14/h3-4,6H,5H2,(H,13,14). The minimum Gasteiger partial charge on any atom is -0.477 e. The van der Waals surface area contributed by atoms with Crippen LogP contribution in [0.25, 0.3) is 0 Å². The van der Waals surface area contributed by atoms with Crippen molar-refractivity contribution in [2.75, 3.05) is 5.33 Å². The van der Waals surface area contributed by atoms with Gasteiger partial charge in [0, 0.05) is 11.6 Å². The molecule has 0 saturated carbocycles. The van der Waals surface area contributed by atoms with Gasteiger partial charge in [0.2, 0.25) is 0 Å². The molecule has 0 bridgehead atoms. The Morgan fingerprint density at radius 2 is 2.25 bits per heavy atom. The van der Waals surface area contributed by atoms with E-state index in [0.717, 1.165) is 6.07 Å². The monoisotopic (exact) mass is 283 g/mol. The lowest BCUT2D eigenvalue weighted by Gasteiger charge is -1.98. The molecule has 6 heteroatoms. The number of nitrogens with zero attached hydrogens (tertiary/aromatic N) is 1. The van der Waals surface area contributed by atoms with Crippen LogP contribution >= 0.6 is 15.9 Å². The molecule has 0 unspecified atom stereocenters. The Balaban J connectivity index is 3.28. The number of hydrogen-bond acceptors (Lipinski definition) is 3. The number of carboxylic acid groups (broad SMARTS) is 1. The summed E-state index contributed by atoms with van der Waals surface area (Å²) in [5.74, 6) is 4.02. The lowest BCUT2D eigenvalue weighted by molar-refractivity contribution is -0.385. The van der Waals surface area contributed by atoms with E-state index >= 15 is 0 Å². The van der Waals surface area contributed by atoms with E-state index < -0.39 is 16.6 Å². The van der Waals surface area contributed by atoms with E-state index in [1.165, 1.54) is 12.1 Å². The minimum atomic E-state index is -1.34. The number of nitro benzene ring substituents is 1. The van der Waals surface area contributed by atoms with Gasteiger partial charge in [-0.2, -0.15) is 0 Å². The summed E-state index contributed by atoms with van der Waals surface area (Å²) >= 11 is 3.09. The molecule has 0 aliphatic rings. The zero-order valence-corrected chi connectivity index (χ0v) is 9.52. The fourth-order valence-corrected chi connectivity index (χ4v) is 1.22. The molecular weight excluding hydrogens is 278 g/mol. The molecule has 0 fully saturated rings. The van der Waals surface area contributed by atoms with E-state index in [0.29, 0.717) is 10.9 Å². The minimum absolute atomic E-state index is 0.355. The SMILES string of the molecule is O=C(O)c1cc(C#CCBr)ccc1[N+](=O)[O-]. The quantitative estimate of drug-likeness (QED) is 0.390. The zero-order valence-electron chi connectivity index (χ0n) is 7.94. The van der Waals surface area contributed by atoms with Gasteiger partial charge in [-0.3, -0.25) is 10.1 Å². The van der Waals surface area contributed by atoms with Gasteiger partial charge in [0.05, 0.1) is 10.3 Å². The van der Waals surface area contributed by atoms with Gasteiger partial charge in [-0.05, 0) is 12.1 Å². The van der Waals surface area contributed by atoms with Crippen LogP contribution in [0.1, 0.15) is 15.9 Å². The number of nitro groups is 1. The molecule has 1 rings (SSSR count). The van der Waals surface area contributed by atoms with Gasteiger partial charge in [0.15, 0.2) is 0 Å². The fraction of sp³-hybridized carbons (Fsp3) is 0.100. The third-order valence-corrected chi connectivity index (χ3v) is 2.00. The summed E-state index contributed by atoms with van der Waals surface area (Å²) in [5, 5.41) is 19.8. The maximum absolute atomic E-state index is 10.8. The second-order valence-electron chi connectivity index (χ2n) is 2.73. The van der Waals surface area contributed by atoms with Crippen molar-refractivity contribution in [1.29, 1.82) is 0 Å². The number of carboxylic acids is 1. The number of aromatic carboxylic acids is 1. The lowest BCUT2D eigenvalue weighted by atomic mass is 10.1. The first-order chi connectivity index (χ1) is 7.56. The lowest BCUT2D eigenvalue weighted by Crippen LogP contribution is -2.02. The normalized spacial score (nSPS) is 9.06. The molecule has 16 heavy (non-hydrogen) atoms. The molecule has 0 atom stereocenters. The molecule has 0 saturated heterocycles. The van der Waals surface area contributed by atoms with Crippen molar-refractivity contribution in [1.82, 2.24) is 0 Å². The second-order valence-corrected chi connectivity index (χ2v) is 3.29. The molecule has 82 valence electrons. The summed E-state index contributed by atoms with van der Waals surface area (Å²) in [7, 11) is 0. The van der Waals surface area contributed by atoms with Gasteiger partial charge in [-0.15, -0.1) is 0 Å². The average Bonchev–Trinajstić information content (AvgIpc) is 2.25. The zero-order chi connectivity index (χ0) is 12.1. The number of carbonyl (C=O) groups is 1. The van der Waals surface area contributed by atoms with Gasteiger partial charge >= 0.3 is 5.97 Å². The van der Waals surface area contributed by atoms with Crippen molar-refractivity contribution in [2.45, 2.75) is 0 Å². The Hall–Kier alpha value is -1.87. The maximum Gasteiger partial charge on any atom is 0.342 e. The first-order valence-electron chi connectivity index (χ1n) is 4.13. The van der Waals surface area contributed by atoms with Gasteiger partial charge < -0.3 is 5.11 Å². The second kappa shape index (κ2) is 5.28. The van der Waals surface area contributed by atoms with Crippen LogP contribution in [0.4, 0.5) is 5.69 Å². The summed E-state index contributed by atoms with van der Waals surface area (Å²) in [5.41, 5.74) is -0.356. The Bertz CT molecular complexity index is 501. The molecule has 1 aromatic carbocycles. The van der Waals surface area contributed by atoms with Crippen molar-refractivity contribution in [3.05, 3.63) is 39.4 Å². The molecular formula is C10H6BrNO4. The highest BCUT2D eigenvalue weighted by atomic mass is 79.9. The molecule has 0 aliphatic carbocycles. The number of alkyl halides is 1. The van der Waals surface area contributed by atoms with Crippen LogP contribution in [0, 0.1) is 22.0 Å². The van der Waals surface area contributed by atoms with Gasteiger partial charge in [0.1, 0.15) is 5.56 Å². The summed E-state index contributed by atoms with van der Waals surface area (Å²) in [4.78, 5) is 20.6. The summed E-state index contributed by atoms with van der Waals surface area (Å²) in [6.45, 7) is 0. The van der Waals surface area contributed by atoms with Crippen molar-refractivity contribution in [3.8, 4) is 11.8 Å². The number of benzene rings is 1. The van der Waals surface area contributed by atoms with Crippen molar-refractivity contribution in [2.24, 2.45) is 0 Å². The molecule has 0 amide bonds. The van der Waals surface area contributed by atoms with E-state index in [2.05, 4.69) is 27.8 Å². The summed E-state index contributed by atoms with van der Waals surface area (Å²) < 4.78 is 0. The number of halogens is 1. The predicted molar refractivity (Wildman–Crippen MR) is 60.7 cm³/mol. The molecule has 1 N–H and O–H groups in total. The van der Waals surface area contributed by atoms with Crippen LogP contribution in [0.5, 0.6) is 0 Å². The van der Waals surface area contributed by atoms with Crippen LogP contribution in [-0.2, 0) is 0 Å². The highest BCUT2D eigenvalue weighted by Crippen LogP contribution is 2.19.